The van der Waals surface area contributed by atoms with Crippen molar-refractivity contribution < 1.29 is 4.79 Å². The highest BCUT2D eigenvalue weighted by molar-refractivity contribution is 6.37. The average Bonchev–Trinajstić information content (AvgIpc) is 2.32. The molecule has 1 amide bonds. The SMILES string of the molecule is CCNC(=O)C(C)Nc1nc(NC)c(Cl)cc1Cl. The normalized spacial score (nSPS) is 11.8. The number of pyridine rings is 1. The lowest BCUT2D eigenvalue weighted by Gasteiger charge is -2.16. The molecule has 0 spiro atoms. The Morgan fingerprint density at radius 2 is 2.00 bits per heavy atom. The Kier molecular flexibility index (Phi) is 5.50. The van der Waals surface area contributed by atoms with Crippen molar-refractivity contribution in [2.45, 2.75) is 19.9 Å². The zero-order valence-corrected chi connectivity index (χ0v) is 12.0. The van der Waals surface area contributed by atoms with E-state index < -0.39 is 6.04 Å². The summed E-state index contributed by atoms with van der Waals surface area (Å²) in [4.78, 5) is 15.8. The monoisotopic (exact) mass is 290 g/mol. The molecular weight excluding hydrogens is 275 g/mol. The Balaban J connectivity index is 2.87. The van der Waals surface area contributed by atoms with E-state index in [1.807, 2.05) is 6.92 Å². The number of halogens is 2. The van der Waals surface area contributed by atoms with Gasteiger partial charge in [0.15, 0.2) is 0 Å². The quantitative estimate of drug-likeness (QED) is 0.779. The Bertz CT molecular complexity index is 439. The second-order valence-electron chi connectivity index (χ2n) is 3.66. The third kappa shape index (κ3) is 3.65. The van der Waals surface area contributed by atoms with Crippen LogP contribution < -0.4 is 16.0 Å². The van der Waals surface area contributed by atoms with E-state index in [-0.39, 0.29) is 5.91 Å². The summed E-state index contributed by atoms with van der Waals surface area (Å²) < 4.78 is 0. The molecule has 1 atom stereocenters. The van der Waals surface area contributed by atoms with E-state index in [2.05, 4.69) is 20.9 Å². The van der Waals surface area contributed by atoms with Crippen LogP contribution in [0.25, 0.3) is 0 Å². The summed E-state index contributed by atoms with van der Waals surface area (Å²) >= 11 is 11.9. The first-order valence-corrected chi connectivity index (χ1v) is 6.33. The van der Waals surface area contributed by atoms with Crippen LogP contribution in [0.1, 0.15) is 13.8 Å². The predicted molar refractivity (Wildman–Crippen MR) is 75.6 cm³/mol. The minimum atomic E-state index is -0.430. The van der Waals surface area contributed by atoms with Crippen molar-refractivity contribution in [2.75, 3.05) is 24.2 Å². The van der Waals surface area contributed by atoms with Crippen LogP contribution in [-0.2, 0) is 4.79 Å². The van der Waals surface area contributed by atoms with Crippen molar-refractivity contribution in [2.24, 2.45) is 0 Å². The van der Waals surface area contributed by atoms with Crippen LogP contribution in [0, 0.1) is 0 Å². The highest BCUT2D eigenvalue weighted by Crippen LogP contribution is 2.29. The second-order valence-corrected chi connectivity index (χ2v) is 4.47. The number of carbonyl (C=O) groups excluding carboxylic acids is 1. The molecule has 0 saturated carbocycles. The van der Waals surface area contributed by atoms with Gasteiger partial charge in [-0.15, -0.1) is 0 Å². The van der Waals surface area contributed by atoms with E-state index in [0.29, 0.717) is 28.2 Å². The third-order valence-electron chi connectivity index (χ3n) is 2.26. The highest BCUT2D eigenvalue weighted by atomic mass is 35.5. The molecule has 1 aromatic rings. The second kappa shape index (κ2) is 6.66. The third-order valence-corrected chi connectivity index (χ3v) is 2.84. The van der Waals surface area contributed by atoms with Gasteiger partial charge < -0.3 is 16.0 Å². The Labute approximate surface area is 116 Å². The summed E-state index contributed by atoms with van der Waals surface area (Å²) in [6, 6.07) is 1.15. The van der Waals surface area contributed by atoms with Crippen LogP contribution >= 0.6 is 23.2 Å². The number of rotatable bonds is 5. The van der Waals surface area contributed by atoms with Gasteiger partial charge in [-0.25, -0.2) is 4.98 Å². The molecule has 0 aromatic carbocycles. The van der Waals surface area contributed by atoms with E-state index in [1.54, 1.807) is 20.0 Å². The summed E-state index contributed by atoms with van der Waals surface area (Å²) in [5.74, 6) is 0.812. The number of anilines is 2. The van der Waals surface area contributed by atoms with Gasteiger partial charge in [-0.2, -0.15) is 0 Å². The number of aromatic nitrogens is 1. The molecule has 7 heteroatoms. The molecule has 0 radical (unpaired) electrons. The summed E-state index contributed by atoms with van der Waals surface area (Å²) in [6.07, 6.45) is 0. The van der Waals surface area contributed by atoms with Crippen molar-refractivity contribution >= 4 is 40.7 Å². The average molecular weight is 291 g/mol. The lowest BCUT2D eigenvalue weighted by molar-refractivity contribution is -0.121. The number of hydrogen-bond donors (Lipinski definition) is 3. The molecule has 1 heterocycles. The van der Waals surface area contributed by atoms with Crippen LogP contribution in [0.4, 0.5) is 11.6 Å². The van der Waals surface area contributed by atoms with E-state index in [1.165, 1.54) is 0 Å². The van der Waals surface area contributed by atoms with E-state index in [9.17, 15) is 4.79 Å². The molecule has 0 bridgehead atoms. The molecule has 0 fully saturated rings. The zero-order valence-electron chi connectivity index (χ0n) is 10.5. The molecule has 0 aliphatic heterocycles. The van der Waals surface area contributed by atoms with Gasteiger partial charge in [0.05, 0.1) is 10.0 Å². The van der Waals surface area contributed by atoms with Crippen molar-refractivity contribution in [3.05, 3.63) is 16.1 Å². The molecule has 0 aliphatic rings. The minimum Gasteiger partial charge on any atom is -0.372 e. The van der Waals surface area contributed by atoms with Gasteiger partial charge in [-0.1, -0.05) is 23.2 Å². The smallest absolute Gasteiger partial charge is 0.242 e. The maximum absolute atomic E-state index is 11.6. The summed E-state index contributed by atoms with van der Waals surface area (Å²) in [5.41, 5.74) is 0. The number of carbonyl (C=O) groups is 1. The zero-order chi connectivity index (χ0) is 13.7. The maximum Gasteiger partial charge on any atom is 0.242 e. The van der Waals surface area contributed by atoms with Crippen molar-refractivity contribution in [1.82, 2.24) is 10.3 Å². The largest absolute Gasteiger partial charge is 0.372 e. The van der Waals surface area contributed by atoms with Crippen LogP contribution in [-0.4, -0.2) is 30.5 Å². The molecule has 18 heavy (non-hydrogen) atoms. The molecule has 5 nitrogen and oxygen atoms in total. The number of likely N-dealkylation sites (N-methyl/N-ethyl adjacent to an activating group) is 1. The fraction of sp³-hybridized carbons (Fsp3) is 0.455. The van der Waals surface area contributed by atoms with Crippen LogP contribution in [0.5, 0.6) is 0 Å². The van der Waals surface area contributed by atoms with Gasteiger partial charge in [0.2, 0.25) is 5.91 Å². The summed E-state index contributed by atoms with van der Waals surface area (Å²) in [6.45, 7) is 4.17. The first-order chi connectivity index (χ1) is 8.49. The molecule has 1 rings (SSSR count). The van der Waals surface area contributed by atoms with Gasteiger partial charge in [0.1, 0.15) is 17.7 Å². The lowest BCUT2D eigenvalue weighted by atomic mass is 10.3. The molecular formula is C11H16Cl2N4O. The van der Waals surface area contributed by atoms with Gasteiger partial charge in [0.25, 0.3) is 0 Å². The molecule has 1 aromatic heterocycles. The molecule has 1 unspecified atom stereocenters. The minimum absolute atomic E-state index is 0.115. The van der Waals surface area contributed by atoms with E-state index in [4.69, 9.17) is 23.2 Å². The predicted octanol–water partition coefficient (Wildman–Crippen LogP) is 2.37. The number of nitrogens with one attached hydrogen (secondary N) is 3. The number of nitrogens with zero attached hydrogens (tertiary/aromatic N) is 1. The number of amides is 1. The summed E-state index contributed by atoms with van der Waals surface area (Å²) in [7, 11) is 1.71. The Morgan fingerprint density at radius 3 is 2.56 bits per heavy atom. The highest BCUT2D eigenvalue weighted by Gasteiger charge is 2.15. The molecule has 0 aliphatic carbocycles. The summed E-state index contributed by atoms with van der Waals surface area (Å²) in [5, 5.41) is 9.30. The Morgan fingerprint density at radius 1 is 1.39 bits per heavy atom. The van der Waals surface area contributed by atoms with Gasteiger partial charge in [-0.05, 0) is 19.9 Å². The topological polar surface area (TPSA) is 66.0 Å². The Hall–Kier alpha value is -1.20. The van der Waals surface area contributed by atoms with Gasteiger partial charge >= 0.3 is 0 Å². The van der Waals surface area contributed by atoms with Crippen LogP contribution in [0.2, 0.25) is 10.0 Å². The van der Waals surface area contributed by atoms with Gasteiger partial charge in [-0.3, -0.25) is 4.79 Å². The maximum atomic E-state index is 11.6. The first-order valence-electron chi connectivity index (χ1n) is 5.57. The standard InChI is InChI=1S/C11H16Cl2N4O/c1-4-15-11(18)6(2)16-10-8(13)5-7(12)9(14-3)17-10/h5-6H,4H2,1-3H3,(H,15,18)(H2,14,16,17). The fourth-order valence-corrected chi connectivity index (χ4v) is 1.85. The van der Waals surface area contributed by atoms with Crippen LogP contribution in [0.3, 0.4) is 0 Å². The van der Waals surface area contributed by atoms with E-state index in [0.717, 1.165) is 0 Å². The van der Waals surface area contributed by atoms with Crippen molar-refractivity contribution in [1.29, 1.82) is 0 Å². The van der Waals surface area contributed by atoms with Crippen LogP contribution in [0.15, 0.2) is 6.07 Å². The van der Waals surface area contributed by atoms with Gasteiger partial charge in [0, 0.05) is 13.6 Å². The van der Waals surface area contributed by atoms with Crippen molar-refractivity contribution in [3.63, 3.8) is 0 Å². The van der Waals surface area contributed by atoms with E-state index >= 15 is 0 Å². The first kappa shape index (κ1) is 14.9. The fourth-order valence-electron chi connectivity index (χ4n) is 1.34. The molecule has 3 N–H and O–H groups in total. The lowest BCUT2D eigenvalue weighted by Crippen LogP contribution is -2.37. The molecule has 100 valence electrons. The van der Waals surface area contributed by atoms with Crippen molar-refractivity contribution in [3.8, 4) is 0 Å². The number of hydrogen-bond acceptors (Lipinski definition) is 4. The molecule has 0 saturated heterocycles.